The molecular weight excluding hydrogens is 268 g/mol. The van der Waals surface area contributed by atoms with E-state index in [0.29, 0.717) is 12.5 Å². The number of anilines is 1. The van der Waals surface area contributed by atoms with Gasteiger partial charge in [0.25, 0.3) is 0 Å². The molecule has 1 aliphatic rings. The van der Waals surface area contributed by atoms with Crippen molar-refractivity contribution in [1.29, 1.82) is 0 Å². The average Bonchev–Trinajstić information content (AvgIpc) is 2.36. The summed E-state index contributed by atoms with van der Waals surface area (Å²) in [7, 11) is 0. The van der Waals surface area contributed by atoms with Gasteiger partial charge in [-0.15, -0.1) is 0 Å². The Bertz CT molecular complexity index is 469. The Balaban J connectivity index is 2.02. The Kier molecular flexibility index (Phi) is 4.52. The molecule has 0 aliphatic heterocycles. The van der Waals surface area contributed by atoms with Crippen molar-refractivity contribution < 1.29 is 4.92 Å². The van der Waals surface area contributed by atoms with Crippen molar-refractivity contribution >= 4 is 23.1 Å². The summed E-state index contributed by atoms with van der Waals surface area (Å²) in [4.78, 5) is 17.9. The Morgan fingerprint density at radius 2 is 2.37 bits per heavy atom. The highest BCUT2D eigenvalue weighted by atomic mass is 35.5. The van der Waals surface area contributed by atoms with Gasteiger partial charge in [-0.3, -0.25) is 10.1 Å². The van der Waals surface area contributed by atoms with E-state index in [1.54, 1.807) is 0 Å². The van der Waals surface area contributed by atoms with E-state index < -0.39 is 4.92 Å². The third-order valence-corrected chi connectivity index (χ3v) is 3.72. The van der Waals surface area contributed by atoms with E-state index in [1.165, 1.54) is 12.8 Å². The molecule has 0 spiro atoms. The first-order chi connectivity index (χ1) is 9.06. The molecule has 2 unspecified atom stereocenters. The highest BCUT2D eigenvalue weighted by Crippen LogP contribution is 2.29. The van der Waals surface area contributed by atoms with Gasteiger partial charge in [0, 0.05) is 6.54 Å². The fourth-order valence-electron chi connectivity index (χ4n) is 2.60. The van der Waals surface area contributed by atoms with Crippen molar-refractivity contribution in [3.8, 4) is 0 Å². The largest absolute Gasteiger partial charge is 0.364 e. The third-order valence-electron chi connectivity index (χ3n) is 3.54. The minimum atomic E-state index is -0.498. The molecule has 0 saturated heterocycles. The topological polar surface area (TPSA) is 81.0 Å². The van der Waals surface area contributed by atoms with Crippen LogP contribution in [0.3, 0.4) is 0 Å². The van der Waals surface area contributed by atoms with E-state index in [4.69, 9.17) is 11.6 Å². The van der Waals surface area contributed by atoms with Gasteiger partial charge in [0.2, 0.25) is 11.1 Å². The number of nitro groups is 1. The second kappa shape index (κ2) is 6.14. The first-order valence-electron chi connectivity index (χ1n) is 6.47. The Morgan fingerprint density at radius 1 is 1.58 bits per heavy atom. The van der Waals surface area contributed by atoms with Crippen LogP contribution >= 0.6 is 11.6 Å². The van der Waals surface area contributed by atoms with Crippen LogP contribution < -0.4 is 5.32 Å². The molecule has 1 N–H and O–H groups in total. The SMILES string of the molecule is CC1CCCC(CNc2nc(Cl)ncc2[N+](=O)[O-])C1. The summed E-state index contributed by atoms with van der Waals surface area (Å²) < 4.78 is 0. The number of aromatic nitrogens is 2. The van der Waals surface area contributed by atoms with E-state index in [2.05, 4.69) is 22.2 Å². The molecule has 0 bridgehead atoms. The zero-order valence-corrected chi connectivity index (χ0v) is 11.6. The van der Waals surface area contributed by atoms with Crippen LogP contribution in [0, 0.1) is 22.0 Å². The molecule has 0 radical (unpaired) electrons. The maximum atomic E-state index is 10.9. The lowest BCUT2D eigenvalue weighted by Gasteiger charge is -2.26. The molecule has 1 fully saturated rings. The molecule has 19 heavy (non-hydrogen) atoms. The number of hydrogen-bond acceptors (Lipinski definition) is 5. The van der Waals surface area contributed by atoms with Crippen LogP contribution in [-0.4, -0.2) is 21.4 Å². The molecule has 1 aromatic heterocycles. The Hall–Kier alpha value is -1.43. The van der Waals surface area contributed by atoms with E-state index >= 15 is 0 Å². The van der Waals surface area contributed by atoms with Crippen LogP contribution in [0.4, 0.5) is 11.5 Å². The van der Waals surface area contributed by atoms with Crippen LogP contribution in [0.2, 0.25) is 5.28 Å². The van der Waals surface area contributed by atoms with E-state index in [-0.39, 0.29) is 16.8 Å². The third kappa shape index (κ3) is 3.76. The highest BCUT2D eigenvalue weighted by molar-refractivity contribution is 6.28. The van der Waals surface area contributed by atoms with Gasteiger partial charge >= 0.3 is 5.69 Å². The average molecular weight is 285 g/mol. The maximum Gasteiger partial charge on any atom is 0.329 e. The van der Waals surface area contributed by atoms with Crippen molar-refractivity contribution in [3.63, 3.8) is 0 Å². The zero-order chi connectivity index (χ0) is 13.8. The predicted molar refractivity (Wildman–Crippen MR) is 73.3 cm³/mol. The van der Waals surface area contributed by atoms with Crippen molar-refractivity contribution in [1.82, 2.24) is 9.97 Å². The molecule has 2 rings (SSSR count). The van der Waals surface area contributed by atoms with Gasteiger partial charge in [-0.05, 0) is 36.3 Å². The fourth-order valence-corrected chi connectivity index (χ4v) is 2.74. The molecule has 7 heteroatoms. The van der Waals surface area contributed by atoms with Gasteiger partial charge in [-0.2, -0.15) is 4.98 Å². The molecule has 0 aromatic carbocycles. The molecular formula is C12H17ClN4O2. The summed E-state index contributed by atoms with van der Waals surface area (Å²) in [6.07, 6.45) is 5.95. The van der Waals surface area contributed by atoms with E-state index in [0.717, 1.165) is 25.0 Å². The fraction of sp³-hybridized carbons (Fsp3) is 0.667. The van der Waals surface area contributed by atoms with Crippen LogP contribution in [0.15, 0.2) is 6.20 Å². The second-order valence-electron chi connectivity index (χ2n) is 5.15. The van der Waals surface area contributed by atoms with Crippen molar-refractivity contribution in [2.24, 2.45) is 11.8 Å². The minimum absolute atomic E-state index is 0.0186. The molecule has 1 aliphatic carbocycles. The number of nitrogens with zero attached hydrogens (tertiary/aromatic N) is 3. The van der Waals surface area contributed by atoms with Crippen molar-refractivity contribution in [2.75, 3.05) is 11.9 Å². The lowest BCUT2D eigenvalue weighted by atomic mass is 9.82. The molecule has 2 atom stereocenters. The highest BCUT2D eigenvalue weighted by Gasteiger charge is 2.21. The zero-order valence-electron chi connectivity index (χ0n) is 10.8. The summed E-state index contributed by atoms with van der Waals surface area (Å²) in [5.41, 5.74) is -0.131. The summed E-state index contributed by atoms with van der Waals surface area (Å²) >= 11 is 5.68. The number of halogens is 1. The molecule has 0 amide bonds. The minimum Gasteiger partial charge on any atom is -0.364 e. The van der Waals surface area contributed by atoms with Crippen LogP contribution in [0.1, 0.15) is 32.6 Å². The van der Waals surface area contributed by atoms with Gasteiger partial charge in [0.15, 0.2) is 0 Å². The first-order valence-corrected chi connectivity index (χ1v) is 6.85. The number of rotatable bonds is 4. The van der Waals surface area contributed by atoms with Crippen molar-refractivity contribution in [2.45, 2.75) is 32.6 Å². The first kappa shape index (κ1) is 14.0. The predicted octanol–water partition coefficient (Wildman–Crippen LogP) is 3.28. The number of hydrogen-bond donors (Lipinski definition) is 1. The molecule has 1 heterocycles. The summed E-state index contributed by atoms with van der Waals surface area (Å²) in [5.74, 6) is 1.48. The van der Waals surface area contributed by atoms with Crippen LogP contribution in [-0.2, 0) is 0 Å². The monoisotopic (exact) mass is 284 g/mol. The lowest BCUT2D eigenvalue weighted by Crippen LogP contribution is -2.21. The lowest BCUT2D eigenvalue weighted by molar-refractivity contribution is -0.384. The second-order valence-corrected chi connectivity index (χ2v) is 5.49. The summed E-state index contributed by atoms with van der Waals surface area (Å²) in [5, 5.41) is 13.9. The van der Waals surface area contributed by atoms with Gasteiger partial charge in [-0.1, -0.05) is 19.8 Å². The van der Waals surface area contributed by atoms with Crippen LogP contribution in [0.5, 0.6) is 0 Å². The quantitative estimate of drug-likeness (QED) is 0.521. The normalized spacial score (nSPS) is 23.1. The maximum absolute atomic E-state index is 10.9. The van der Waals surface area contributed by atoms with Gasteiger partial charge in [-0.25, -0.2) is 4.98 Å². The smallest absolute Gasteiger partial charge is 0.329 e. The Morgan fingerprint density at radius 3 is 3.05 bits per heavy atom. The molecule has 1 aromatic rings. The summed E-state index contributed by atoms with van der Waals surface area (Å²) in [6, 6.07) is 0. The molecule has 104 valence electrons. The van der Waals surface area contributed by atoms with Gasteiger partial charge < -0.3 is 5.32 Å². The van der Waals surface area contributed by atoms with E-state index in [9.17, 15) is 10.1 Å². The van der Waals surface area contributed by atoms with Gasteiger partial charge in [0.05, 0.1) is 4.92 Å². The standard InChI is InChI=1S/C12H17ClN4O2/c1-8-3-2-4-9(5-8)6-14-11-10(17(18)19)7-15-12(13)16-11/h7-9H,2-6H2,1H3,(H,14,15,16). The van der Waals surface area contributed by atoms with Gasteiger partial charge in [0.1, 0.15) is 6.20 Å². The van der Waals surface area contributed by atoms with Crippen molar-refractivity contribution in [3.05, 3.63) is 21.6 Å². The van der Waals surface area contributed by atoms with Crippen LogP contribution in [0.25, 0.3) is 0 Å². The number of nitrogens with one attached hydrogen (secondary N) is 1. The molecule has 6 nitrogen and oxygen atoms in total. The van der Waals surface area contributed by atoms with E-state index in [1.807, 2.05) is 0 Å². The Labute approximate surface area is 116 Å². The summed E-state index contributed by atoms with van der Waals surface area (Å²) in [6.45, 7) is 2.94. The molecule has 1 saturated carbocycles.